The number of rotatable bonds is 4. The van der Waals surface area contributed by atoms with E-state index >= 15 is 0 Å². The highest BCUT2D eigenvalue weighted by atomic mass is 19.4. The van der Waals surface area contributed by atoms with E-state index in [1.165, 1.54) is 5.56 Å². The van der Waals surface area contributed by atoms with Gasteiger partial charge in [-0.05, 0) is 35.6 Å². The zero-order valence-corrected chi connectivity index (χ0v) is 23.0. The molecular weight excluding hydrogens is 655 g/mol. The fourth-order valence-corrected chi connectivity index (χ4v) is 3.91. The van der Waals surface area contributed by atoms with Gasteiger partial charge in [0, 0.05) is 38.2 Å². The SMILES string of the molecule is O=C(Nc1cccnc1)[C@H]1COC[C@H]2CN(Cc3cccnc3)C[C@H]21.O=C(O)C(F)(F)F.O=C(O)C(F)(F)F.O=C(O)C(F)(F)F. The number of nitrogens with zero attached hydrogens (tertiary/aromatic N) is 3. The van der Waals surface area contributed by atoms with Gasteiger partial charge in [-0.25, -0.2) is 14.4 Å². The highest BCUT2D eigenvalue weighted by Crippen LogP contribution is 2.35. The first-order chi connectivity index (χ1) is 21.1. The summed E-state index contributed by atoms with van der Waals surface area (Å²) in [5.41, 5.74) is 1.94. The number of anilines is 1. The summed E-state index contributed by atoms with van der Waals surface area (Å²) in [6.45, 7) is 4.00. The Morgan fingerprint density at radius 3 is 1.67 bits per heavy atom. The molecule has 2 saturated heterocycles. The third-order valence-electron chi connectivity index (χ3n) is 5.84. The topological polar surface area (TPSA) is 179 Å². The summed E-state index contributed by atoms with van der Waals surface area (Å²) < 4.78 is 101. The molecule has 1 amide bonds. The van der Waals surface area contributed by atoms with Crippen molar-refractivity contribution in [2.24, 2.45) is 17.8 Å². The number of carboxylic acids is 3. The van der Waals surface area contributed by atoms with Crippen LogP contribution in [0, 0.1) is 17.8 Å². The predicted octanol–water partition coefficient (Wildman–Crippen LogP) is 3.71. The molecule has 46 heavy (non-hydrogen) atoms. The van der Waals surface area contributed by atoms with E-state index in [1.54, 1.807) is 18.6 Å². The number of pyridine rings is 2. The Morgan fingerprint density at radius 2 is 1.26 bits per heavy atom. The molecule has 12 nitrogen and oxygen atoms in total. The lowest BCUT2D eigenvalue weighted by Crippen LogP contribution is -2.41. The third-order valence-corrected chi connectivity index (χ3v) is 5.84. The maximum Gasteiger partial charge on any atom is 0.490 e. The van der Waals surface area contributed by atoms with Crippen LogP contribution in [0.3, 0.4) is 0 Å². The molecule has 0 unspecified atom stereocenters. The van der Waals surface area contributed by atoms with Crippen molar-refractivity contribution in [1.82, 2.24) is 14.9 Å². The van der Waals surface area contributed by atoms with Gasteiger partial charge in [-0.15, -0.1) is 0 Å². The molecule has 21 heteroatoms. The van der Waals surface area contributed by atoms with Crippen molar-refractivity contribution in [3.05, 3.63) is 54.6 Å². The number of fused-ring (bicyclic) bond motifs is 1. The quantitative estimate of drug-likeness (QED) is 0.346. The van der Waals surface area contributed by atoms with Crippen LogP contribution < -0.4 is 5.32 Å². The smallest absolute Gasteiger partial charge is 0.475 e. The van der Waals surface area contributed by atoms with Crippen LogP contribution in [0.1, 0.15) is 5.56 Å². The lowest BCUT2D eigenvalue weighted by Gasteiger charge is -2.32. The number of halogens is 9. The molecule has 0 spiro atoms. The van der Waals surface area contributed by atoms with Gasteiger partial charge in [-0.1, -0.05) is 6.07 Å². The summed E-state index contributed by atoms with van der Waals surface area (Å²) in [6, 6.07) is 7.74. The molecule has 4 rings (SSSR count). The molecule has 0 aliphatic carbocycles. The van der Waals surface area contributed by atoms with Gasteiger partial charge in [0.25, 0.3) is 0 Å². The summed E-state index contributed by atoms with van der Waals surface area (Å²) in [4.78, 5) is 50.1. The number of aromatic nitrogens is 2. The number of carbonyl (C=O) groups excluding carboxylic acids is 1. The van der Waals surface area contributed by atoms with E-state index in [0.717, 1.165) is 31.9 Å². The number of aliphatic carboxylic acids is 3. The average Bonchev–Trinajstić information content (AvgIpc) is 3.36. The van der Waals surface area contributed by atoms with Crippen molar-refractivity contribution in [2.45, 2.75) is 25.1 Å². The molecule has 4 heterocycles. The summed E-state index contributed by atoms with van der Waals surface area (Å²) in [7, 11) is 0. The largest absolute Gasteiger partial charge is 0.490 e. The molecule has 2 aromatic heterocycles. The van der Waals surface area contributed by atoms with Crippen molar-refractivity contribution in [2.75, 3.05) is 31.6 Å². The van der Waals surface area contributed by atoms with Crippen LogP contribution in [0.4, 0.5) is 45.2 Å². The lowest BCUT2D eigenvalue weighted by molar-refractivity contribution is -0.193. The van der Waals surface area contributed by atoms with Crippen molar-refractivity contribution >= 4 is 29.5 Å². The van der Waals surface area contributed by atoms with E-state index in [9.17, 15) is 44.3 Å². The molecule has 2 aromatic rings. The van der Waals surface area contributed by atoms with Crippen LogP contribution in [-0.4, -0.2) is 98.8 Å². The molecule has 3 atom stereocenters. The Kier molecular flexibility index (Phi) is 14.8. The standard InChI is InChI=1S/C19H22N4O2.3C2HF3O2/c24-19(22-16-4-2-6-21-8-16)18-13-25-12-15-10-23(11-17(15)18)9-14-3-1-5-20-7-14;3*3-2(4,5)1(6)7/h1-8,15,17-18H,9-13H2,(H,22,24);3*(H,6,7)/t15-,17-,18+;;;/m1.../s1. The number of hydrogen-bond acceptors (Lipinski definition) is 8. The molecule has 0 aromatic carbocycles. The molecule has 4 N–H and O–H groups in total. The van der Waals surface area contributed by atoms with E-state index in [-0.39, 0.29) is 11.8 Å². The fourth-order valence-electron chi connectivity index (χ4n) is 3.91. The van der Waals surface area contributed by atoms with E-state index in [4.69, 9.17) is 34.4 Å². The number of ether oxygens (including phenoxy) is 1. The van der Waals surface area contributed by atoms with Gasteiger partial charge in [0.1, 0.15) is 0 Å². The first-order valence-corrected chi connectivity index (χ1v) is 12.4. The zero-order valence-electron chi connectivity index (χ0n) is 23.0. The molecule has 256 valence electrons. The number of likely N-dealkylation sites (tertiary alicyclic amines) is 1. The van der Waals surface area contributed by atoms with Crippen molar-refractivity contribution < 1.29 is 78.7 Å². The number of alkyl halides is 9. The summed E-state index contributed by atoms with van der Waals surface area (Å²) >= 11 is 0. The van der Waals surface area contributed by atoms with Crippen LogP contribution in [0.15, 0.2) is 49.1 Å². The molecular formula is C25H25F9N4O8. The predicted molar refractivity (Wildman–Crippen MR) is 135 cm³/mol. The van der Waals surface area contributed by atoms with E-state index in [1.807, 2.05) is 24.4 Å². The van der Waals surface area contributed by atoms with Gasteiger partial charge >= 0.3 is 36.4 Å². The van der Waals surface area contributed by atoms with E-state index in [2.05, 4.69) is 26.3 Å². The second kappa shape index (κ2) is 17.2. The van der Waals surface area contributed by atoms with Crippen LogP contribution in [0.2, 0.25) is 0 Å². The Labute approximate surface area is 252 Å². The number of carbonyl (C=O) groups is 4. The molecule has 2 aliphatic heterocycles. The normalized spacial score (nSPS) is 19.4. The zero-order chi connectivity index (χ0) is 35.3. The molecule has 0 saturated carbocycles. The van der Waals surface area contributed by atoms with Gasteiger partial charge in [0.2, 0.25) is 5.91 Å². The Hall–Kier alpha value is -4.53. The highest BCUT2D eigenvalue weighted by Gasteiger charge is 2.44. The lowest BCUT2D eigenvalue weighted by atomic mass is 9.82. The summed E-state index contributed by atoms with van der Waals surface area (Å²) in [6.07, 6.45) is -8.18. The molecule has 0 radical (unpaired) electrons. The molecule has 2 aliphatic rings. The number of hydrogen-bond donors (Lipinski definition) is 4. The fraction of sp³-hybridized carbons (Fsp3) is 0.440. The Balaban J connectivity index is 0.000000413. The first-order valence-electron chi connectivity index (χ1n) is 12.4. The minimum atomic E-state index is -5.08. The van der Waals surface area contributed by atoms with E-state index < -0.39 is 36.4 Å². The average molecular weight is 680 g/mol. The molecule has 2 fully saturated rings. The van der Waals surface area contributed by atoms with Crippen molar-refractivity contribution in [3.8, 4) is 0 Å². The van der Waals surface area contributed by atoms with Gasteiger partial charge in [-0.2, -0.15) is 39.5 Å². The van der Waals surface area contributed by atoms with Crippen LogP contribution in [0.5, 0.6) is 0 Å². The van der Waals surface area contributed by atoms with Crippen molar-refractivity contribution in [3.63, 3.8) is 0 Å². The van der Waals surface area contributed by atoms with Gasteiger partial charge in [0.05, 0.1) is 31.0 Å². The van der Waals surface area contributed by atoms with Gasteiger partial charge in [0.15, 0.2) is 0 Å². The number of amides is 1. The minimum absolute atomic E-state index is 0.0333. The third kappa shape index (κ3) is 14.5. The first kappa shape index (κ1) is 39.5. The molecule has 0 bridgehead atoms. The van der Waals surface area contributed by atoms with Crippen LogP contribution >= 0.6 is 0 Å². The van der Waals surface area contributed by atoms with Crippen LogP contribution in [0.25, 0.3) is 0 Å². The highest BCUT2D eigenvalue weighted by molar-refractivity contribution is 5.92. The number of nitrogens with one attached hydrogen (secondary N) is 1. The Bertz CT molecular complexity index is 1220. The van der Waals surface area contributed by atoms with Gasteiger partial charge in [-0.3, -0.25) is 19.7 Å². The number of carboxylic acid groups (broad SMARTS) is 3. The maximum atomic E-state index is 12.7. The van der Waals surface area contributed by atoms with Crippen LogP contribution in [-0.2, 0) is 30.5 Å². The van der Waals surface area contributed by atoms with Gasteiger partial charge < -0.3 is 25.4 Å². The van der Waals surface area contributed by atoms with Crippen molar-refractivity contribution in [1.29, 1.82) is 0 Å². The maximum absolute atomic E-state index is 12.7. The monoisotopic (exact) mass is 680 g/mol. The second-order valence-electron chi connectivity index (χ2n) is 9.26. The summed E-state index contributed by atoms with van der Waals surface area (Å²) in [5.74, 6) is -7.60. The van der Waals surface area contributed by atoms with E-state index in [0.29, 0.717) is 18.4 Å². The summed E-state index contributed by atoms with van der Waals surface area (Å²) in [5, 5.41) is 24.4. The Morgan fingerprint density at radius 1 is 0.783 bits per heavy atom. The minimum Gasteiger partial charge on any atom is -0.475 e. The second-order valence-corrected chi connectivity index (χ2v) is 9.26.